The van der Waals surface area contributed by atoms with Crippen molar-refractivity contribution in [2.45, 2.75) is 6.92 Å². The summed E-state index contributed by atoms with van der Waals surface area (Å²) in [6.45, 7) is 1.80. The summed E-state index contributed by atoms with van der Waals surface area (Å²) in [5.41, 5.74) is 0.722. The van der Waals surface area contributed by atoms with E-state index in [2.05, 4.69) is 15.0 Å². The van der Waals surface area contributed by atoms with Gasteiger partial charge in [-0.05, 0) is 6.92 Å². The van der Waals surface area contributed by atoms with E-state index in [4.69, 9.17) is 5.41 Å². The average molecular weight is 136 g/mol. The van der Waals surface area contributed by atoms with Gasteiger partial charge in [-0.3, -0.25) is 5.41 Å². The van der Waals surface area contributed by atoms with E-state index >= 15 is 0 Å². The second-order valence-electron chi connectivity index (χ2n) is 1.78. The minimum Gasteiger partial charge on any atom is -0.344 e. The van der Waals surface area contributed by atoms with Gasteiger partial charge in [0.05, 0.1) is 5.71 Å². The lowest BCUT2D eigenvalue weighted by molar-refractivity contribution is 1.25. The first-order valence-electron chi connectivity index (χ1n) is 2.87. The SMILES string of the molecule is CC(=NC=N)c1ncc[nH]1. The lowest BCUT2D eigenvalue weighted by Crippen LogP contribution is -1.96. The first-order chi connectivity index (χ1) is 4.84. The zero-order chi connectivity index (χ0) is 7.40. The highest BCUT2D eigenvalue weighted by atomic mass is 14.9. The van der Waals surface area contributed by atoms with Crippen LogP contribution in [0, 0.1) is 5.41 Å². The number of imidazole rings is 1. The Kier molecular flexibility index (Phi) is 1.94. The standard InChI is InChI=1S/C6H8N4/c1-5(10-4-7)6-8-2-3-9-6/h2-4,7H,1H3,(H,8,9). The first-order valence-corrected chi connectivity index (χ1v) is 2.87. The molecule has 1 aromatic rings. The number of H-pyrrole nitrogens is 1. The molecule has 1 heterocycles. The predicted molar refractivity (Wildman–Crippen MR) is 39.6 cm³/mol. The molecule has 0 amide bonds. The van der Waals surface area contributed by atoms with E-state index in [1.807, 2.05) is 0 Å². The lowest BCUT2D eigenvalue weighted by Gasteiger charge is -1.88. The molecule has 0 fully saturated rings. The summed E-state index contributed by atoms with van der Waals surface area (Å²) in [4.78, 5) is 10.6. The molecule has 0 aromatic carbocycles. The van der Waals surface area contributed by atoms with Gasteiger partial charge >= 0.3 is 0 Å². The zero-order valence-electron chi connectivity index (χ0n) is 5.63. The van der Waals surface area contributed by atoms with Crippen LogP contribution in [0.5, 0.6) is 0 Å². The molecule has 4 heteroatoms. The summed E-state index contributed by atoms with van der Waals surface area (Å²) in [5, 5.41) is 6.68. The maximum atomic E-state index is 6.68. The van der Waals surface area contributed by atoms with Gasteiger partial charge in [-0.1, -0.05) is 0 Å². The molecular formula is C6H8N4. The molecule has 1 aromatic heterocycles. The maximum absolute atomic E-state index is 6.68. The summed E-state index contributed by atoms with van der Waals surface area (Å²) in [5.74, 6) is 0.712. The number of rotatable bonds is 2. The Hall–Kier alpha value is -1.45. The summed E-state index contributed by atoms with van der Waals surface area (Å²) in [7, 11) is 0. The van der Waals surface area contributed by atoms with Gasteiger partial charge in [0.25, 0.3) is 0 Å². The zero-order valence-corrected chi connectivity index (χ0v) is 5.63. The van der Waals surface area contributed by atoms with Gasteiger partial charge in [0.1, 0.15) is 6.34 Å². The highest BCUT2D eigenvalue weighted by Gasteiger charge is 1.95. The van der Waals surface area contributed by atoms with Gasteiger partial charge < -0.3 is 4.98 Å². The Balaban J connectivity index is 2.86. The number of aromatic amines is 1. The lowest BCUT2D eigenvalue weighted by atomic mass is 10.4. The summed E-state index contributed by atoms with van der Waals surface area (Å²) < 4.78 is 0. The Labute approximate surface area is 58.5 Å². The number of nitrogens with zero attached hydrogens (tertiary/aromatic N) is 2. The normalized spacial score (nSPS) is 11.5. The molecule has 0 aliphatic rings. The molecule has 2 N–H and O–H groups in total. The van der Waals surface area contributed by atoms with Crippen molar-refractivity contribution in [2.75, 3.05) is 0 Å². The van der Waals surface area contributed by atoms with Crippen LogP contribution in [0.2, 0.25) is 0 Å². The number of nitrogens with one attached hydrogen (secondary N) is 2. The highest BCUT2D eigenvalue weighted by Crippen LogP contribution is 1.89. The van der Waals surface area contributed by atoms with E-state index in [1.54, 1.807) is 19.3 Å². The second-order valence-corrected chi connectivity index (χ2v) is 1.78. The molecule has 0 saturated carbocycles. The molecule has 0 bridgehead atoms. The van der Waals surface area contributed by atoms with Gasteiger partial charge in [-0.25, -0.2) is 9.98 Å². The fourth-order valence-corrected chi connectivity index (χ4v) is 0.621. The van der Waals surface area contributed by atoms with Crippen LogP contribution in [0.25, 0.3) is 0 Å². The van der Waals surface area contributed by atoms with Crippen molar-refractivity contribution in [2.24, 2.45) is 4.99 Å². The van der Waals surface area contributed by atoms with E-state index < -0.39 is 0 Å². The second kappa shape index (κ2) is 2.91. The van der Waals surface area contributed by atoms with Crippen molar-refractivity contribution < 1.29 is 0 Å². The smallest absolute Gasteiger partial charge is 0.151 e. The molecular weight excluding hydrogens is 128 g/mol. The molecule has 4 nitrogen and oxygen atoms in total. The number of hydrogen-bond acceptors (Lipinski definition) is 2. The first kappa shape index (κ1) is 6.67. The summed E-state index contributed by atoms with van der Waals surface area (Å²) in [6, 6.07) is 0. The third-order valence-electron chi connectivity index (χ3n) is 1.10. The minimum absolute atomic E-state index is 0.712. The Morgan fingerprint density at radius 2 is 2.70 bits per heavy atom. The third-order valence-corrected chi connectivity index (χ3v) is 1.10. The molecule has 0 radical (unpaired) electrons. The topological polar surface area (TPSA) is 64.9 Å². The molecule has 52 valence electrons. The fourth-order valence-electron chi connectivity index (χ4n) is 0.621. The summed E-state index contributed by atoms with van der Waals surface area (Å²) >= 11 is 0. The monoisotopic (exact) mass is 136 g/mol. The van der Waals surface area contributed by atoms with Crippen molar-refractivity contribution >= 4 is 12.1 Å². The van der Waals surface area contributed by atoms with Gasteiger partial charge in [0, 0.05) is 12.4 Å². The van der Waals surface area contributed by atoms with Crippen molar-refractivity contribution in [3.05, 3.63) is 18.2 Å². The van der Waals surface area contributed by atoms with Crippen LogP contribution in [0.1, 0.15) is 12.7 Å². The van der Waals surface area contributed by atoms with Gasteiger partial charge in [-0.2, -0.15) is 0 Å². The van der Waals surface area contributed by atoms with E-state index in [0.29, 0.717) is 5.82 Å². The molecule has 10 heavy (non-hydrogen) atoms. The van der Waals surface area contributed by atoms with Crippen LogP contribution in [0.3, 0.4) is 0 Å². The predicted octanol–water partition coefficient (Wildman–Crippen LogP) is 0.826. The van der Waals surface area contributed by atoms with Crippen LogP contribution in [0.4, 0.5) is 0 Å². The maximum Gasteiger partial charge on any atom is 0.151 e. The molecule has 0 atom stereocenters. The fraction of sp³-hybridized carbons (Fsp3) is 0.167. The molecule has 0 spiro atoms. The van der Waals surface area contributed by atoms with Crippen LogP contribution in [0.15, 0.2) is 17.4 Å². The van der Waals surface area contributed by atoms with Crippen LogP contribution < -0.4 is 0 Å². The summed E-state index contributed by atoms with van der Waals surface area (Å²) in [6.07, 6.45) is 4.37. The molecule has 0 aliphatic heterocycles. The highest BCUT2D eigenvalue weighted by molar-refractivity contribution is 5.99. The molecule has 1 rings (SSSR count). The molecule has 0 unspecified atom stereocenters. The van der Waals surface area contributed by atoms with E-state index in [0.717, 1.165) is 12.1 Å². The van der Waals surface area contributed by atoms with Crippen molar-refractivity contribution in [3.63, 3.8) is 0 Å². The third kappa shape index (κ3) is 1.28. The van der Waals surface area contributed by atoms with Gasteiger partial charge in [0.2, 0.25) is 0 Å². The van der Waals surface area contributed by atoms with Crippen molar-refractivity contribution in [1.82, 2.24) is 9.97 Å². The largest absolute Gasteiger partial charge is 0.344 e. The quantitative estimate of drug-likeness (QED) is 0.459. The minimum atomic E-state index is 0.712. The van der Waals surface area contributed by atoms with Gasteiger partial charge in [-0.15, -0.1) is 0 Å². The van der Waals surface area contributed by atoms with Crippen LogP contribution in [-0.4, -0.2) is 22.0 Å². The van der Waals surface area contributed by atoms with E-state index in [9.17, 15) is 0 Å². The number of aliphatic imine (C=N–C) groups is 1. The van der Waals surface area contributed by atoms with Gasteiger partial charge in [0.15, 0.2) is 5.82 Å². The van der Waals surface area contributed by atoms with Crippen molar-refractivity contribution in [1.29, 1.82) is 5.41 Å². The average Bonchev–Trinajstić information content (AvgIpc) is 2.38. The molecule has 0 saturated heterocycles. The van der Waals surface area contributed by atoms with Crippen LogP contribution >= 0.6 is 0 Å². The van der Waals surface area contributed by atoms with E-state index in [1.165, 1.54) is 0 Å². The van der Waals surface area contributed by atoms with Crippen LogP contribution in [-0.2, 0) is 0 Å². The Morgan fingerprint density at radius 1 is 1.90 bits per heavy atom. The number of hydrogen-bond donors (Lipinski definition) is 2. The number of aromatic nitrogens is 2. The van der Waals surface area contributed by atoms with E-state index in [-0.39, 0.29) is 0 Å². The Morgan fingerprint density at radius 3 is 3.20 bits per heavy atom. The van der Waals surface area contributed by atoms with Crippen molar-refractivity contribution in [3.8, 4) is 0 Å². The molecule has 0 aliphatic carbocycles. The Bertz CT molecular complexity index is 234.